The number of nitrogens with one attached hydrogen (secondary N) is 2. The predicted octanol–water partition coefficient (Wildman–Crippen LogP) is 2.06. The first kappa shape index (κ1) is 17.7. The summed E-state index contributed by atoms with van der Waals surface area (Å²) in [5.74, 6) is -0.0977. The number of carbonyl (C=O) groups excluding carboxylic acids is 1. The van der Waals surface area contributed by atoms with Crippen LogP contribution in [-0.4, -0.2) is 32.0 Å². The smallest absolute Gasteiger partial charge is 0.288 e. The van der Waals surface area contributed by atoms with Crippen LogP contribution in [0.15, 0.2) is 12.1 Å². The summed E-state index contributed by atoms with van der Waals surface area (Å²) in [5, 5.41) is 22.8. The Bertz CT molecular complexity index is 791. The summed E-state index contributed by atoms with van der Waals surface area (Å²) in [6.45, 7) is 7.61. The number of anilines is 1. The number of hydrogen-bond donors (Lipinski definition) is 3. The number of aromatic nitrogens is 2. The van der Waals surface area contributed by atoms with Crippen molar-refractivity contribution in [3.05, 3.63) is 33.6 Å². The molecule has 0 aliphatic rings. The SMILES string of the molecule is Cc1c([N+](=O)[O-])ccc2nc(CC(C)(C)C)c(NCC(=O)NO)n12. The molecule has 0 atom stereocenters. The third kappa shape index (κ3) is 3.62. The van der Waals surface area contributed by atoms with E-state index in [2.05, 4.69) is 31.1 Å². The van der Waals surface area contributed by atoms with Gasteiger partial charge in [-0.05, 0) is 24.8 Å². The van der Waals surface area contributed by atoms with Crippen LogP contribution in [0.1, 0.15) is 32.2 Å². The lowest BCUT2D eigenvalue weighted by atomic mass is 9.90. The Morgan fingerprint density at radius 3 is 2.62 bits per heavy atom. The van der Waals surface area contributed by atoms with Crippen molar-refractivity contribution in [3.8, 4) is 0 Å². The number of rotatable bonds is 5. The number of hydroxylamine groups is 1. The van der Waals surface area contributed by atoms with Crippen LogP contribution in [0.2, 0.25) is 0 Å². The Morgan fingerprint density at radius 2 is 2.08 bits per heavy atom. The Morgan fingerprint density at radius 1 is 1.42 bits per heavy atom. The molecule has 3 N–H and O–H groups in total. The lowest BCUT2D eigenvalue weighted by Gasteiger charge is -2.18. The highest BCUT2D eigenvalue weighted by Gasteiger charge is 2.23. The van der Waals surface area contributed by atoms with Gasteiger partial charge in [0.2, 0.25) is 0 Å². The first-order valence-corrected chi connectivity index (χ1v) is 7.46. The molecule has 9 heteroatoms. The second-order valence-corrected chi connectivity index (χ2v) is 6.79. The summed E-state index contributed by atoms with van der Waals surface area (Å²) in [6.07, 6.45) is 0.616. The molecule has 0 saturated carbocycles. The normalized spacial score (nSPS) is 11.5. The summed E-state index contributed by atoms with van der Waals surface area (Å²) in [4.78, 5) is 26.6. The molecule has 0 aliphatic carbocycles. The summed E-state index contributed by atoms with van der Waals surface area (Å²) in [6, 6.07) is 3.00. The van der Waals surface area contributed by atoms with Crippen LogP contribution in [0.3, 0.4) is 0 Å². The van der Waals surface area contributed by atoms with Gasteiger partial charge in [-0.2, -0.15) is 0 Å². The number of amides is 1. The maximum atomic E-state index is 11.3. The second-order valence-electron chi connectivity index (χ2n) is 6.79. The van der Waals surface area contributed by atoms with Crippen molar-refractivity contribution in [2.24, 2.45) is 5.41 Å². The zero-order chi connectivity index (χ0) is 18.1. The van der Waals surface area contributed by atoms with Crippen molar-refractivity contribution in [3.63, 3.8) is 0 Å². The quantitative estimate of drug-likeness (QED) is 0.437. The molecule has 0 saturated heterocycles. The van der Waals surface area contributed by atoms with E-state index in [4.69, 9.17) is 5.21 Å². The summed E-state index contributed by atoms with van der Waals surface area (Å²) in [5.41, 5.74) is 3.13. The van der Waals surface area contributed by atoms with E-state index in [1.54, 1.807) is 22.9 Å². The number of carbonyl (C=O) groups is 1. The topological polar surface area (TPSA) is 122 Å². The first-order valence-electron chi connectivity index (χ1n) is 7.46. The maximum absolute atomic E-state index is 11.3. The molecule has 0 fully saturated rings. The number of nitro groups is 1. The van der Waals surface area contributed by atoms with E-state index in [9.17, 15) is 14.9 Å². The van der Waals surface area contributed by atoms with E-state index in [1.807, 2.05) is 0 Å². The highest BCUT2D eigenvalue weighted by atomic mass is 16.6. The Balaban J connectivity index is 2.61. The van der Waals surface area contributed by atoms with E-state index in [0.29, 0.717) is 29.3 Å². The van der Waals surface area contributed by atoms with Gasteiger partial charge < -0.3 is 5.32 Å². The zero-order valence-corrected chi connectivity index (χ0v) is 14.1. The lowest BCUT2D eigenvalue weighted by Crippen LogP contribution is -2.27. The van der Waals surface area contributed by atoms with E-state index < -0.39 is 10.8 Å². The minimum absolute atomic E-state index is 0.0307. The zero-order valence-electron chi connectivity index (χ0n) is 14.1. The summed E-state index contributed by atoms with van der Waals surface area (Å²) < 4.78 is 1.63. The Labute approximate surface area is 138 Å². The highest BCUT2D eigenvalue weighted by molar-refractivity contribution is 5.79. The molecule has 2 heterocycles. The molecular formula is C15H21N5O4. The molecule has 0 unspecified atom stereocenters. The number of aryl methyl sites for hydroxylation is 1. The molecule has 2 rings (SSSR count). The van der Waals surface area contributed by atoms with Crippen molar-refractivity contribution in [2.75, 3.05) is 11.9 Å². The Kier molecular flexibility index (Phi) is 4.74. The van der Waals surface area contributed by atoms with Crippen molar-refractivity contribution in [2.45, 2.75) is 34.1 Å². The lowest BCUT2D eigenvalue weighted by molar-refractivity contribution is -0.385. The molecule has 0 bridgehead atoms. The van der Waals surface area contributed by atoms with E-state index in [1.165, 1.54) is 6.07 Å². The molecule has 0 aromatic carbocycles. The number of imidazole rings is 1. The van der Waals surface area contributed by atoms with Gasteiger partial charge in [-0.1, -0.05) is 20.8 Å². The molecular weight excluding hydrogens is 314 g/mol. The molecule has 130 valence electrons. The van der Waals surface area contributed by atoms with Crippen LogP contribution in [-0.2, 0) is 11.2 Å². The average molecular weight is 335 g/mol. The van der Waals surface area contributed by atoms with Gasteiger partial charge in [0.1, 0.15) is 17.2 Å². The molecule has 0 radical (unpaired) electrons. The van der Waals surface area contributed by atoms with Crippen molar-refractivity contribution in [1.82, 2.24) is 14.9 Å². The van der Waals surface area contributed by atoms with Crippen molar-refractivity contribution < 1.29 is 14.9 Å². The van der Waals surface area contributed by atoms with E-state index in [-0.39, 0.29) is 17.6 Å². The average Bonchev–Trinajstić information content (AvgIpc) is 2.80. The van der Waals surface area contributed by atoms with Crippen molar-refractivity contribution in [1.29, 1.82) is 0 Å². The second kappa shape index (κ2) is 6.44. The standard InChI is InChI=1S/C15H21N5O4/c1-9-11(20(23)24)5-6-12-17-10(7-15(2,3)4)14(19(9)12)16-8-13(21)18-22/h5-6,16,22H,7-8H2,1-4H3,(H,18,21). The fourth-order valence-corrected chi connectivity index (χ4v) is 2.53. The summed E-state index contributed by atoms with van der Waals surface area (Å²) in [7, 11) is 0. The molecule has 1 amide bonds. The highest BCUT2D eigenvalue weighted by Crippen LogP contribution is 2.30. The van der Waals surface area contributed by atoms with Crippen LogP contribution in [0, 0.1) is 22.5 Å². The molecule has 24 heavy (non-hydrogen) atoms. The first-order chi connectivity index (χ1) is 11.1. The van der Waals surface area contributed by atoms with E-state index in [0.717, 1.165) is 0 Å². The van der Waals surface area contributed by atoms with Crippen LogP contribution < -0.4 is 10.8 Å². The number of nitrogens with zero attached hydrogens (tertiary/aromatic N) is 3. The minimum Gasteiger partial charge on any atom is -0.360 e. The van der Waals surface area contributed by atoms with Gasteiger partial charge in [0.05, 0.1) is 17.2 Å². The van der Waals surface area contributed by atoms with Crippen LogP contribution in [0.4, 0.5) is 11.5 Å². The monoisotopic (exact) mass is 335 g/mol. The van der Waals surface area contributed by atoms with Crippen molar-refractivity contribution >= 4 is 23.1 Å². The number of hydrogen-bond acceptors (Lipinski definition) is 6. The van der Waals surface area contributed by atoms with Gasteiger partial charge in [-0.3, -0.25) is 24.5 Å². The van der Waals surface area contributed by atoms with Gasteiger partial charge in [-0.15, -0.1) is 0 Å². The van der Waals surface area contributed by atoms with Gasteiger partial charge in [0, 0.05) is 6.07 Å². The largest absolute Gasteiger partial charge is 0.360 e. The molecule has 0 aliphatic heterocycles. The van der Waals surface area contributed by atoms with Crippen LogP contribution >= 0.6 is 0 Å². The molecule has 2 aromatic heterocycles. The van der Waals surface area contributed by atoms with E-state index >= 15 is 0 Å². The number of fused-ring (bicyclic) bond motifs is 1. The fraction of sp³-hybridized carbons (Fsp3) is 0.467. The minimum atomic E-state index is -0.616. The summed E-state index contributed by atoms with van der Waals surface area (Å²) >= 11 is 0. The van der Waals surface area contributed by atoms with Gasteiger partial charge >= 0.3 is 0 Å². The maximum Gasteiger partial charge on any atom is 0.288 e. The number of pyridine rings is 1. The van der Waals surface area contributed by atoms with Crippen LogP contribution in [0.5, 0.6) is 0 Å². The predicted molar refractivity (Wildman–Crippen MR) is 88.2 cm³/mol. The fourth-order valence-electron chi connectivity index (χ4n) is 2.53. The molecule has 9 nitrogen and oxygen atoms in total. The van der Waals surface area contributed by atoms with Gasteiger partial charge in [0.15, 0.2) is 0 Å². The van der Waals surface area contributed by atoms with Crippen LogP contribution in [0.25, 0.3) is 5.65 Å². The Hall–Kier alpha value is -2.68. The molecule has 2 aromatic rings. The third-order valence-electron chi connectivity index (χ3n) is 3.51. The van der Waals surface area contributed by atoms with Gasteiger partial charge in [0.25, 0.3) is 11.6 Å². The molecule has 0 spiro atoms. The third-order valence-corrected chi connectivity index (χ3v) is 3.51. The van der Waals surface area contributed by atoms with Gasteiger partial charge in [-0.25, -0.2) is 10.5 Å².